The lowest BCUT2D eigenvalue weighted by molar-refractivity contribution is 1.27. The van der Waals surface area contributed by atoms with Crippen LogP contribution in [0.25, 0.3) is 22.3 Å². The third-order valence-electron chi connectivity index (χ3n) is 6.98. The van der Waals surface area contributed by atoms with Crippen molar-refractivity contribution in [3.05, 3.63) is 174 Å². The van der Waals surface area contributed by atoms with Crippen LogP contribution >= 0.6 is 0 Å². The van der Waals surface area contributed by atoms with Gasteiger partial charge in [-0.2, -0.15) is 0 Å². The van der Waals surface area contributed by atoms with Crippen molar-refractivity contribution in [1.82, 2.24) is 0 Å². The summed E-state index contributed by atoms with van der Waals surface area (Å²) in [6.45, 7) is 10.3. The summed E-state index contributed by atoms with van der Waals surface area (Å²) in [4.78, 5) is 2.31. The molecule has 0 spiro atoms. The summed E-state index contributed by atoms with van der Waals surface area (Å²) in [6.07, 6.45) is 0. The van der Waals surface area contributed by atoms with Gasteiger partial charge in [0.2, 0.25) is 0 Å². The first-order valence-corrected chi connectivity index (χ1v) is 14.8. The molecule has 0 heterocycles. The summed E-state index contributed by atoms with van der Waals surface area (Å²) < 4.78 is 0. The molecule has 0 N–H and O–H groups in total. The molecule has 0 unspecified atom stereocenters. The smallest absolute Gasteiger partial charge is 0.0462 e. The first-order chi connectivity index (χ1) is 20.6. The Morgan fingerprint density at radius 3 is 0.833 bits per heavy atom. The molecule has 6 rings (SSSR count). The summed E-state index contributed by atoms with van der Waals surface area (Å²) >= 11 is 0. The van der Waals surface area contributed by atoms with E-state index < -0.39 is 0 Å². The van der Waals surface area contributed by atoms with Crippen LogP contribution in [0.4, 0.5) is 17.1 Å². The van der Waals surface area contributed by atoms with Crippen molar-refractivity contribution in [3.8, 4) is 22.3 Å². The lowest BCUT2D eigenvalue weighted by Gasteiger charge is -2.26. The molecule has 0 aliphatic heterocycles. The van der Waals surface area contributed by atoms with Crippen molar-refractivity contribution in [3.63, 3.8) is 0 Å². The van der Waals surface area contributed by atoms with E-state index in [0.717, 1.165) is 17.1 Å². The molecule has 0 aromatic heterocycles. The van der Waals surface area contributed by atoms with Crippen molar-refractivity contribution < 1.29 is 0 Å². The highest BCUT2D eigenvalue weighted by molar-refractivity contribution is 5.79. The van der Waals surface area contributed by atoms with Crippen molar-refractivity contribution in [2.75, 3.05) is 4.90 Å². The van der Waals surface area contributed by atoms with Crippen LogP contribution in [0.3, 0.4) is 0 Å². The van der Waals surface area contributed by atoms with E-state index in [4.69, 9.17) is 0 Å². The Kier molecular flexibility index (Phi) is 10.9. The Morgan fingerprint density at radius 1 is 0.286 bits per heavy atom. The van der Waals surface area contributed by atoms with Gasteiger partial charge in [0.1, 0.15) is 0 Å². The normalized spacial score (nSPS) is 10.0. The number of hydrogen-bond donors (Lipinski definition) is 0. The number of hydrogen-bond acceptors (Lipinski definition) is 1. The highest BCUT2D eigenvalue weighted by Gasteiger charge is 2.13. The maximum atomic E-state index is 2.31. The van der Waals surface area contributed by atoms with Gasteiger partial charge in [-0.1, -0.05) is 152 Å². The zero-order chi connectivity index (χ0) is 29.7. The number of anilines is 3. The molecule has 0 saturated heterocycles. The quantitative estimate of drug-likeness (QED) is 0.207. The molecule has 210 valence electrons. The van der Waals surface area contributed by atoms with E-state index in [1.165, 1.54) is 38.9 Å². The molecule has 1 heteroatoms. The Balaban J connectivity index is 0.000000347. The predicted octanol–water partition coefficient (Wildman–Crippen LogP) is 12.1. The molecule has 1 nitrogen and oxygen atoms in total. The zero-order valence-electron chi connectivity index (χ0n) is 25.5. The van der Waals surface area contributed by atoms with Crippen LogP contribution in [0.2, 0.25) is 0 Å². The van der Waals surface area contributed by atoms with Crippen LogP contribution in [0.1, 0.15) is 30.5 Å². The maximum Gasteiger partial charge on any atom is 0.0462 e. The van der Waals surface area contributed by atoms with Gasteiger partial charge in [0.25, 0.3) is 0 Å². The van der Waals surface area contributed by atoms with E-state index in [9.17, 15) is 0 Å². The molecule has 6 aromatic rings. The van der Waals surface area contributed by atoms with E-state index in [-0.39, 0.29) is 0 Å². The van der Waals surface area contributed by atoms with Crippen LogP contribution < -0.4 is 4.90 Å². The fourth-order valence-corrected chi connectivity index (χ4v) is 4.65. The number of nitrogens with zero attached hydrogens (tertiary/aromatic N) is 1. The largest absolute Gasteiger partial charge is 0.311 e. The molecule has 0 bridgehead atoms. The van der Waals surface area contributed by atoms with Crippen molar-refractivity contribution in [2.45, 2.75) is 34.6 Å². The fourth-order valence-electron chi connectivity index (χ4n) is 4.65. The summed E-state index contributed by atoms with van der Waals surface area (Å²) in [5.74, 6) is 0. The van der Waals surface area contributed by atoms with E-state index in [2.05, 4.69) is 183 Å². The lowest BCUT2D eigenvalue weighted by Crippen LogP contribution is -2.09. The summed E-state index contributed by atoms with van der Waals surface area (Å²) in [6, 6.07) is 55.8. The van der Waals surface area contributed by atoms with E-state index in [0.29, 0.717) is 0 Å². The number of benzene rings is 6. The van der Waals surface area contributed by atoms with E-state index >= 15 is 0 Å². The second kappa shape index (κ2) is 15.2. The average Bonchev–Trinajstić information content (AvgIpc) is 3.06. The summed E-state index contributed by atoms with van der Waals surface area (Å²) in [7, 11) is 0. The van der Waals surface area contributed by atoms with E-state index in [1.807, 2.05) is 13.8 Å². The third-order valence-corrected chi connectivity index (χ3v) is 6.98. The lowest BCUT2D eigenvalue weighted by atomic mass is 10.0. The van der Waals surface area contributed by atoms with Crippen LogP contribution in [-0.2, 0) is 0 Å². The predicted molar refractivity (Wildman–Crippen MR) is 184 cm³/mol. The van der Waals surface area contributed by atoms with Gasteiger partial charge in [0.05, 0.1) is 0 Å². The standard InChI is InChI=1S/C31H25N.C8H10.C2H6/c1-24-12-18-29(19-13-24)32(30-20-14-27(15-21-30)25-8-4-2-5-9-25)31-22-16-28(17-23-31)26-10-6-3-7-11-26;1-7-3-5-8(2)6-4-7;1-2/h2-23H,1H3;3-6H,1-2H3;1-2H3. The van der Waals surface area contributed by atoms with Crippen LogP contribution in [0.15, 0.2) is 158 Å². The van der Waals surface area contributed by atoms with Gasteiger partial charge in [-0.3, -0.25) is 0 Å². The Morgan fingerprint density at radius 2 is 0.524 bits per heavy atom. The molecule has 0 aliphatic carbocycles. The molecule has 42 heavy (non-hydrogen) atoms. The molecule has 0 fully saturated rings. The van der Waals surface area contributed by atoms with Gasteiger partial charge < -0.3 is 4.90 Å². The number of rotatable bonds is 5. The minimum atomic E-state index is 1.14. The zero-order valence-corrected chi connectivity index (χ0v) is 25.5. The minimum Gasteiger partial charge on any atom is -0.311 e. The van der Waals surface area contributed by atoms with Crippen molar-refractivity contribution >= 4 is 17.1 Å². The monoisotopic (exact) mass is 547 g/mol. The molecular formula is C41H41N. The van der Waals surface area contributed by atoms with Crippen LogP contribution in [0.5, 0.6) is 0 Å². The highest BCUT2D eigenvalue weighted by atomic mass is 15.1. The van der Waals surface area contributed by atoms with Gasteiger partial charge >= 0.3 is 0 Å². The molecule has 0 amide bonds. The molecule has 0 atom stereocenters. The highest BCUT2D eigenvalue weighted by Crippen LogP contribution is 2.36. The third kappa shape index (κ3) is 8.08. The van der Waals surface area contributed by atoms with E-state index in [1.54, 1.807) is 0 Å². The average molecular weight is 548 g/mol. The fraction of sp³-hybridized carbons (Fsp3) is 0.122. The van der Waals surface area contributed by atoms with Crippen molar-refractivity contribution in [2.24, 2.45) is 0 Å². The molecule has 0 radical (unpaired) electrons. The van der Waals surface area contributed by atoms with Gasteiger partial charge in [-0.25, -0.2) is 0 Å². The Bertz CT molecular complexity index is 1500. The first kappa shape index (κ1) is 30.1. The first-order valence-electron chi connectivity index (χ1n) is 14.8. The topological polar surface area (TPSA) is 3.24 Å². The molecule has 6 aromatic carbocycles. The molecule has 0 saturated carbocycles. The Labute approximate surface area is 252 Å². The van der Waals surface area contributed by atoms with Crippen LogP contribution in [-0.4, -0.2) is 0 Å². The second-order valence-electron chi connectivity index (χ2n) is 10.2. The van der Waals surface area contributed by atoms with Gasteiger partial charge in [0.15, 0.2) is 0 Å². The SMILES string of the molecule is CC.Cc1ccc(C)cc1.Cc1ccc(N(c2ccc(-c3ccccc3)cc2)c2ccc(-c3ccccc3)cc2)cc1. The minimum absolute atomic E-state index is 1.14. The second-order valence-corrected chi connectivity index (χ2v) is 10.2. The van der Waals surface area contributed by atoms with Crippen LogP contribution in [0, 0.1) is 20.8 Å². The van der Waals surface area contributed by atoms with Gasteiger partial charge in [0, 0.05) is 17.1 Å². The molecular weight excluding hydrogens is 506 g/mol. The Hall–Kier alpha value is -4.88. The van der Waals surface area contributed by atoms with Gasteiger partial charge in [-0.15, -0.1) is 0 Å². The summed E-state index contributed by atoms with van der Waals surface area (Å²) in [5, 5.41) is 0. The maximum absolute atomic E-state index is 2.31. The van der Waals surface area contributed by atoms with Crippen molar-refractivity contribution in [1.29, 1.82) is 0 Å². The molecule has 0 aliphatic rings. The van der Waals surface area contributed by atoms with Gasteiger partial charge in [-0.05, 0) is 79.4 Å². The number of aryl methyl sites for hydroxylation is 3. The summed E-state index contributed by atoms with van der Waals surface area (Å²) in [5.41, 5.74) is 12.2.